The van der Waals surface area contributed by atoms with Crippen LogP contribution in [0.25, 0.3) is 0 Å². The molecule has 1 aliphatic carbocycles. The lowest BCUT2D eigenvalue weighted by atomic mass is 9.98. The first-order valence-corrected chi connectivity index (χ1v) is 7.76. The van der Waals surface area contributed by atoms with E-state index in [1.807, 2.05) is 18.2 Å². The predicted molar refractivity (Wildman–Crippen MR) is 81.9 cm³/mol. The van der Waals surface area contributed by atoms with Crippen molar-refractivity contribution in [2.45, 2.75) is 58.3 Å². The van der Waals surface area contributed by atoms with Crippen LogP contribution in [0.4, 0.5) is 5.69 Å². The minimum absolute atomic E-state index is 0.103. The fourth-order valence-electron chi connectivity index (χ4n) is 2.86. The molecule has 2 nitrogen and oxygen atoms in total. The summed E-state index contributed by atoms with van der Waals surface area (Å²) in [6, 6.07) is 8.00. The van der Waals surface area contributed by atoms with Gasteiger partial charge in [0.05, 0.1) is 6.10 Å². The molecule has 0 aromatic heterocycles. The summed E-state index contributed by atoms with van der Waals surface area (Å²) < 4.78 is 6.22. The van der Waals surface area contributed by atoms with Gasteiger partial charge in [-0.05, 0) is 44.9 Å². The average Bonchev–Trinajstić information content (AvgIpc) is 2.41. The molecule has 0 aliphatic heterocycles. The van der Waals surface area contributed by atoms with E-state index in [-0.39, 0.29) is 6.23 Å². The maximum Gasteiger partial charge on any atom is 0.127 e. The molecule has 1 fully saturated rings. The van der Waals surface area contributed by atoms with E-state index in [2.05, 4.69) is 24.8 Å². The number of benzene rings is 1. The second kappa shape index (κ2) is 7.16. The molecule has 0 amide bonds. The van der Waals surface area contributed by atoms with Crippen LogP contribution in [0.5, 0.6) is 0 Å². The van der Waals surface area contributed by atoms with Crippen molar-refractivity contribution in [3.05, 3.63) is 29.3 Å². The summed E-state index contributed by atoms with van der Waals surface area (Å²) in [6.07, 6.45) is 6.92. The lowest BCUT2D eigenvalue weighted by molar-refractivity contribution is -0.0214. The molecule has 0 heterocycles. The van der Waals surface area contributed by atoms with Crippen LogP contribution in [0.2, 0.25) is 5.02 Å². The fraction of sp³-hybridized carbons (Fsp3) is 0.625. The third-order valence-electron chi connectivity index (χ3n) is 3.86. The lowest BCUT2D eigenvalue weighted by Crippen LogP contribution is -2.38. The van der Waals surface area contributed by atoms with E-state index < -0.39 is 0 Å². The van der Waals surface area contributed by atoms with E-state index in [0.717, 1.165) is 17.3 Å². The summed E-state index contributed by atoms with van der Waals surface area (Å²) >= 11 is 6.07. The van der Waals surface area contributed by atoms with Crippen LogP contribution in [0.3, 0.4) is 0 Å². The van der Waals surface area contributed by atoms with Gasteiger partial charge in [-0.1, -0.05) is 36.9 Å². The Bertz CT molecular complexity index is 390. The van der Waals surface area contributed by atoms with Crippen molar-refractivity contribution in [1.82, 2.24) is 0 Å². The number of nitrogens with zero attached hydrogens (tertiary/aromatic N) is 1. The first-order valence-electron chi connectivity index (χ1n) is 7.38. The van der Waals surface area contributed by atoms with E-state index in [0.29, 0.717) is 6.10 Å². The smallest absolute Gasteiger partial charge is 0.127 e. The number of hydrogen-bond donors (Lipinski definition) is 0. The first kappa shape index (κ1) is 14.7. The van der Waals surface area contributed by atoms with Gasteiger partial charge in [-0.3, -0.25) is 0 Å². The Morgan fingerprint density at radius 1 is 1.32 bits per heavy atom. The summed E-state index contributed by atoms with van der Waals surface area (Å²) in [5.41, 5.74) is 1.14. The molecule has 1 saturated carbocycles. The second-order valence-corrected chi connectivity index (χ2v) is 5.70. The van der Waals surface area contributed by atoms with Crippen molar-refractivity contribution in [1.29, 1.82) is 0 Å². The van der Waals surface area contributed by atoms with Crippen LogP contribution in [0, 0.1) is 0 Å². The van der Waals surface area contributed by atoms with Gasteiger partial charge < -0.3 is 9.64 Å². The number of halogens is 1. The number of ether oxygens (including phenoxy) is 1. The van der Waals surface area contributed by atoms with E-state index in [4.69, 9.17) is 16.3 Å². The topological polar surface area (TPSA) is 12.5 Å². The van der Waals surface area contributed by atoms with Gasteiger partial charge in [-0.15, -0.1) is 0 Å². The van der Waals surface area contributed by atoms with Gasteiger partial charge in [-0.25, -0.2) is 0 Å². The van der Waals surface area contributed by atoms with E-state index in [1.54, 1.807) is 0 Å². The average molecular weight is 282 g/mol. The molecule has 2 rings (SSSR count). The monoisotopic (exact) mass is 281 g/mol. The minimum atomic E-state index is 0.103. The lowest BCUT2D eigenvalue weighted by Gasteiger charge is -2.34. The maximum absolute atomic E-state index is 6.22. The predicted octanol–water partition coefficient (Wildman–Crippen LogP) is 4.86. The molecule has 3 heteroatoms. The zero-order valence-electron chi connectivity index (χ0n) is 11.9. The highest BCUT2D eigenvalue weighted by atomic mass is 35.5. The SMILES string of the molecule is CCN(c1cccc(Cl)c1)C(C)OC1CCCCC1. The van der Waals surface area contributed by atoms with Gasteiger partial charge in [-0.2, -0.15) is 0 Å². The molecular weight excluding hydrogens is 258 g/mol. The standard InChI is InChI=1S/C16H24ClNO/c1-3-18(15-9-7-8-14(17)12-15)13(2)19-16-10-5-4-6-11-16/h7-9,12-13,16H,3-6,10-11H2,1-2H3. The Morgan fingerprint density at radius 3 is 2.68 bits per heavy atom. The Balaban J connectivity index is 1.99. The molecular formula is C16H24ClNO. The summed E-state index contributed by atoms with van der Waals surface area (Å²) in [4.78, 5) is 2.26. The van der Waals surface area contributed by atoms with Crippen LogP contribution in [-0.4, -0.2) is 18.9 Å². The Kier molecular flexibility index (Phi) is 5.53. The summed E-state index contributed by atoms with van der Waals surface area (Å²) in [7, 11) is 0. The van der Waals surface area contributed by atoms with Crippen molar-refractivity contribution >= 4 is 17.3 Å². The van der Waals surface area contributed by atoms with Crippen molar-refractivity contribution in [2.24, 2.45) is 0 Å². The molecule has 0 N–H and O–H groups in total. The molecule has 0 bridgehead atoms. The van der Waals surface area contributed by atoms with Crippen molar-refractivity contribution < 1.29 is 4.74 Å². The molecule has 0 spiro atoms. The number of anilines is 1. The fourth-order valence-corrected chi connectivity index (χ4v) is 3.04. The van der Waals surface area contributed by atoms with Crippen molar-refractivity contribution in [2.75, 3.05) is 11.4 Å². The van der Waals surface area contributed by atoms with Crippen LogP contribution < -0.4 is 4.90 Å². The van der Waals surface area contributed by atoms with Gasteiger partial charge in [0.2, 0.25) is 0 Å². The third kappa shape index (κ3) is 4.12. The zero-order chi connectivity index (χ0) is 13.7. The Morgan fingerprint density at radius 2 is 2.05 bits per heavy atom. The van der Waals surface area contributed by atoms with E-state index in [1.165, 1.54) is 32.1 Å². The number of rotatable bonds is 5. The highest BCUT2D eigenvalue weighted by Gasteiger charge is 2.20. The molecule has 1 aliphatic rings. The highest BCUT2D eigenvalue weighted by molar-refractivity contribution is 6.30. The Labute approximate surface area is 121 Å². The largest absolute Gasteiger partial charge is 0.355 e. The summed E-state index contributed by atoms with van der Waals surface area (Å²) in [5.74, 6) is 0. The number of hydrogen-bond acceptors (Lipinski definition) is 2. The van der Waals surface area contributed by atoms with Crippen molar-refractivity contribution in [3.8, 4) is 0 Å². The van der Waals surface area contributed by atoms with Gasteiger partial charge in [0.15, 0.2) is 0 Å². The molecule has 19 heavy (non-hydrogen) atoms. The minimum Gasteiger partial charge on any atom is -0.355 e. The van der Waals surface area contributed by atoms with Crippen LogP contribution in [0.1, 0.15) is 46.0 Å². The molecule has 1 unspecified atom stereocenters. The van der Waals surface area contributed by atoms with Crippen LogP contribution in [-0.2, 0) is 4.74 Å². The van der Waals surface area contributed by atoms with Crippen molar-refractivity contribution in [3.63, 3.8) is 0 Å². The molecule has 106 valence electrons. The second-order valence-electron chi connectivity index (χ2n) is 5.26. The van der Waals surface area contributed by atoms with Gasteiger partial charge in [0.25, 0.3) is 0 Å². The molecule has 1 atom stereocenters. The van der Waals surface area contributed by atoms with Crippen LogP contribution >= 0.6 is 11.6 Å². The molecule has 0 saturated heterocycles. The highest BCUT2D eigenvalue weighted by Crippen LogP contribution is 2.25. The zero-order valence-corrected chi connectivity index (χ0v) is 12.7. The quantitative estimate of drug-likeness (QED) is 0.715. The molecule has 1 aromatic carbocycles. The van der Waals surface area contributed by atoms with Gasteiger partial charge in [0, 0.05) is 17.3 Å². The van der Waals surface area contributed by atoms with Gasteiger partial charge in [0.1, 0.15) is 6.23 Å². The summed E-state index contributed by atoms with van der Waals surface area (Å²) in [5, 5.41) is 0.779. The van der Waals surface area contributed by atoms with Gasteiger partial charge >= 0.3 is 0 Å². The normalized spacial score (nSPS) is 18.3. The molecule has 0 radical (unpaired) electrons. The van der Waals surface area contributed by atoms with Crippen LogP contribution in [0.15, 0.2) is 24.3 Å². The third-order valence-corrected chi connectivity index (χ3v) is 4.10. The Hall–Kier alpha value is -0.730. The van der Waals surface area contributed by atoms with E-state index >= 15 is 0 Å². The molecule has 1 aromatic rings. The summed E-state index contributed by atoms with van der Waals surface area (Å²) in [6.45, 7) is 5.22. The van der Waals surface area contributed by atoms with E-state index in [9.17, 15) is 0 Å². The first-order chi connectivity index (χ1) is 9.20. The maximum atomic E-state index is 6.22.